The van der Waals surface area contributed by atoms with E-state index in [0.717, 1.165) is 16.7 Å². The highest BCUT2D eigenvalue weighted by molar-refractivity contribution is 7.98. The molecule has 1 aliphatic rings. The second kappa shape index (κ2) is 5.20. The third-order valence-corrected chi connectivity index (χ3v) is 4.74. The molecule has 0 amide bonds. The summed E-state index contributed by atoms with van der Waals surface area (Å²) in [6.07, 6.45) is 5.61. The van der Waals surface area contributed by atoms with E-state index in [4.69, 9.17) is 4.74 Å². The van der Waals surface area contributed by atoms with Crippen LogP contribution in [-0.4, -0.2) is 16.3 Å². The minimum Gasteiger partial charge on any atom is -0.506 e. The standard InChI is InChI=1S/C17H17NO2S/c1-4-17(12-5-7-13(21-3)8-6-12)15-9-18-11(2)16(19)14(15)10-20-17/h4-9,19H,1,10H2,2-3H3. The molecule has 1 aromatic carbocycles. The highest BCUT2D eigenvalue weighted by Crippen LogP contribution is 2.46. The first-order valence-electron chi connectivity index (χ1n) is 6.72. The maximum Gasteiger partial charge on any atom is 0.142 e. The molecule has 0 saturated heterocycles. The number of thioether (sulfide) groups is 1. The molecule has 1 unspecified atom stereocenters. The van der Waals surface area contributed by atoms with Gasteiger partial charge in [0, 0.05) is 22.2 Å². The Kier molecular flexibility index (Phi) is 3.51. The Morgan fingerprint density at radius 3 is 2.71 bits per heavy atom. The van der Waals surface area contributed by atoms with Crippen molar-refractivity contribution in [3.05, 3.63) is 65.5 Å². The first-order chi connectivity index (χ1) is 10.1. The minimum absolute atomic E-state index is 0.219. The number of aryl methyl sites for hydroxylation is 1. The molecule has 1 aliphatic heterocycles. The summed E-state index contributed by atoms with van der Waals surface area (Å²) in [7, 11) is 0. The largest absolute Gasteiger partial charge is 0.506 e. The molecule has 1 aromatic heterocycles. The normalized spacial score (nSPS) is 20.3. The van der Waals surface area contributed by atoms with Gasteiger partial charge in [-0.3, -0.25) is 4.98 Å². The van der Waals surface area contributed by atoms with Crippen LogP contribution in [0.3, 0.4) is 0 Å². The predicted octanol–water partition coefficient (Wildman–Crippen LogP) is 3.78. The van der Waals surface area contributed by atoms with E-state index in [1.807, 2.05) is 18.4 Å². The number of ether oxygens (including phenoxy) is 1. The Labute approximate surface area is 128 Å². The molecule has 2 aromatic rings. The zero-order valence-corrected chi connectivity index (χ0v) is 12.9. The van der Waals surface area contributed by atoms with Crippen LogP contribution >= 0.6 is 11.8 Å². The number of hydrogen-bond donors (Lipinski definition) is 1. The van der Waals surface area contributed by atoms with Crippen LogP contribution in [0.25, 0.3) is 0 Å². The van der Waals surface area contributed by atoms with Crippen LogP contribution in [0.1, 0.15) is 22.4 Å². The van der Waals surface area contributed by atoms with Gasteiger partial charge < -0.3 is 9.84 Å². The number of aromatic nitrogens is 1. The van der Waals surface area contributed by atoms with Gasteiger partial charge in [0.2, 0.25) is 0 Å². The number of rotatable bonds is 3. The van der Waals surface area contributed by atoms with Crippen LogP contribution < -0.4 is 0 Å². The van der Waals surface area contributed by atoms with Crippen molar-refractivity contribution < 1.29 is 9.84 Å². The van der Waals surface area contributed by atoms with Gasteiger partial charge in [0.1, 0.15) is 11.4 Å². The first kappa shape index (κ1) is 14.2. The molecule has 0 aliphatic carbocycles. The average Bonchev–Trinajstić information content (AvgIpc) is 2.91. The van der Waals surface area contributed by atoms with Crippen molar-refractivity contribution in [2.75, 3.05) is 6.26 Å². The maximum atomic E-state index is 10.2. The Hall–Kier alpha value is -1.78. The van der Waals surface area contributed by atoms with E-state index in [1.54, 1.807) is 31.0 Å². The van der Waals surface area contributed by atoms with Gasteiger partial charge in [0.15, 0.2) is 0 Å². The lowest BCUT2D eigenvalue weighted by atomic mass is 9.86. The van der Waals surface area contributed by atoms with Crippen molar-refractivity contribution in [1.29, 1.82) is 0 Å². The second-order valence-electron chi connectivity index (χ2n) is 5.04. The molecule has 0 fully saturated rings. The molecule has 4 heteroatoms. The Balaban J connectivity index is 2.16. The van der Waals surface area contributed by atoms with Crippen LogP contribution in [0, 0.1) is 6.92 Å². The van der Waals surface area contributed by atoms with Gasteiger partial charge in [-0.15, -0.1) is 11.8 Å². The summed E-state index contributed by atoms with van der Waals surface area (Å²) in [6, 6.07) is 8.21. The second-order valence-corrected chi connectivity index (χ2v) is 5.92. The summed E-state index contributed by atoms with van der Waals surface area (Å²) in [4.78, 5) is 5.47. The van der Waals surface area contributed by atoms with E-state index in [2.05, 4.69) is 23.7 Å². The van der Waals surface area contributed by atoms with E-state index in [9.17, 15) is 5.11 Å². The number of pyridine rings is 1. The topological polar surface area (TPSA) is 42.4 Å². The molecule has 0 bridgehead atoms. The van der Waals surface area contributed by atoms with E-state index < -0.39 is 5.60 Å². The number of benzene rings is 1. The number of nitrogens with zero attached hydrogens (tertiary/aromatic N) is 1. The molecule has 3 nitrogen and oxygen atoms in total. The molecule has 1 N–H and O–H groups in total. The maximum absolute atomic E-state index is 10.2. The lowest BCUT2D eigenvalue weighted by molar-refractivity contribution is 0.0326. The van der Waals surface area contributed by atoms with Gasteiger partial charge in [-0.25, -0.2) is 0 Å². The first-order valence-corrected chi connectivity index (χ1v) is 7.95. The summed E-state index contributed by atoms with van der Waals surface area (Å²) in [6.45, 7) is 6.10. The molecule has 2 heterocycles. The smallest absolute Gasteiger partial charge is 0.142 e. The third-order valence-electron chi connectivity index (χ3n) is 3.99. The van der Waals surface area contributed by atoms with Crippen LogP contribution in [0.4, 0.5) is 0 Å². The van der Waals surface area contributed by atoms with Crippen LogP contribution in [-0.2, 0) is 16.9 Å². The van der Waals surface area contributed by atoms with Crippen LogP contribution in [0.2, 0.25) is 0 Å². The van der Waals surface area contributed by atoms with Crippen molar-refractivity contribution in [2.45, 2.75) is 24.0 Å². The molecule has 0 spiro atoms. The van der Waals surface area contributed by atoms with Crippen molar-refractivity contribution in [1.82, 2.24) is 4.98 Å². The highest BCUT2D eigenvalue weighted by atomic mass is 32.2. The molecule has 3 rings (SSSR count). The summed E-state index contributed by atoms with van der Waals surface area (Å²) in [5, 5.41) is 10.2. The lowest BCUT2D eigenvalue weighted by Crippen LogP contribution is -2.24. The van der Waals surface area contributed by atoms with E-state index in [-0.39, 0.29) is 5.75 Å². The summed E-state index contributed by atoms with van der Waals surface area (Å²) in [5.74, 6) is 0.219. The zero-order valence-electron chi connectivity index (χ0n) is 12.1. The van der Waals surface area contributed by atoms with Gasteiger partial charge in [-0.1, -0.05) is 24.8 Å². The average molecular weight is 299 g/mol. The van der Waals surface area contributed by atoms with Gasteiger partial charge in [0.25, 0.3) is 0 Å². The van der Waals surface area contributed by atoms with Gasteiger partial charge in [0.05, 0.1) is 12.3 Å². The molecule has 0 radical (unpaired) electrons. The lowest BCUT2D eigenvalue weighted by Gasteiger charge is -2.26. The minimum atomic E-state index is -0.732. The molecule has 108 valence electrons. The number of hydrogen-bond acceptors (Lipinski definition) is 4. The van der Waals surface area contributed by atoms with Gasteiger partial charge >= 0.3 is 0 Å². The molecular weight excluding hydrogens is 282 g/mol. The van der Waals surface area contributed by atoms with Crippen LogP contribution in [0.15, 0.2) is 48.0 Å². The molecule has 21 heavy (non-hydrogen) atoms. The molecular formula is C17H17NO2S. The quantitative estimate of drug-likeness (QED) is 0.692. The molecule has 1 atom stereocenters. The van der Waals surface area contributed by atoms with Gasteiger partial charge in [-0.2, -0.15) is 0 Å². The Bertz CT molecular complexity index is 697. The fourth-order valence-electron chi connectivity index (χ4n) is 2.74. The SMILES string of the molecule is C=CC1(c2ccc(SC)cc2)OCc2c1cnc(C)c2O. The fraction of sp³-hybridized carbons (Fsp3) is 0.235. The van der Waals surface area contributed by atoms with Crippen LogP contribution in [0.5, 0.6) is 5.75 Å². The Morgan fingerprint density at radius 2 is 2.10 bits per heavy atom. The summed E-state index contributed by atoms with van der Waals surface area (Å²) < 4.78 is 6.03. The molecule has 0 saturated carbocycles. The van der Waals surface area contributed by atoms with Crippen molar-refractivity contribution >= 4 is 11.8 Å². The fourth-order valence-corrected chi connectivity index (χ4v) is 3.15. The number of aromatic hydroxyl groups is 1. The predicted molar refractivity (Wildman–Crippen MR) is 84.6 cm³/mol. The van der Waals surface area contributed by atoms with Crippen molar-refractivity contribution in [3.8, 4) is 5.75 Å². The third kappa shape index (κ3) is 2.06. The van der Waals surface area contributed by atoms with Gasteiger partial charge in [-0.05, 0) is 30.9 Å². The van der Waals surface area contributed by atoms with E-state index in [0.29, 0.717) is 12.3 Å². The monoisotopic (exact) mass is 299 g/mol. The number of fused-ring (bicyclic) bond motifs is 1. The highest BCUT2D eigenvalue weighted by Gasteiger charge is 2.41. The van der Waals surface area contributed by atoms with E-state index >= 15 is 0 Å². The van der Waals surface area contributed by atoms with E-state index in [1.165, 1.54) is 4.90 Å². The van der Waals surface area contributed by atoms with Crippen molar-refractivity contribution in [3.63, 3.8) is 0 Å². The Morgan fingerprint density at radius 1 is 1.38 bits per heavy atom. The zero-order chi connectivity index (χ0) is 15.0. The van der Waals surface area contributed by atoms with Crippen molar-refractivity contribution in [2.24, 2.45) is 0 Å². The summed E-state index contributed by atoms with van der Waals surface area (Å²) >= 11 is 1.70. The summed E-state index contributed by atoms with van der Waals surface area (Å²) in [5.41, 5.74) is 2.56.